The SMILES string of the molecule is N=C/C(=C\NC1CCN(C(=O)C2CC(CCN)C2)CC1)c1cnc2ccccc2n1. The van der Waals surface area contributed by atoms with E-state index in [-0.39, 0.29) is 5.92 Å². The molecule has 2 aliphatic rings. The van der Waals surface area contributed by atoms with Gasteiger partial charge in [0, 0.05) is 43.0 Å². The molecule has 1 saturated carbocycles. The van der Waals surface area contributed by atoms with Gasteiger partial charge in [0.2, 0.25) is 5.91 Å². The largest absolute Gasteiger partial charge is 0.387 e. The predicted molar refractivity (Wildman–Crippen MR) is 119 cm³/mol. The van der Waals surface area contributed by atoms with Crippen molar-refractivity contribution < 1.29 is 4.79 Å². The van der Waals surface area contributed by atoms with E-state index in [4.69, 9.17) is 11.1 Å². The molecule has 0 spiro atoms. The van der Waals surface area contributed by atoms with Crippen LogP contribution in [0.1, 0.15) is 37.8 Å². The number of likely N-dealkylation sites (tertiary alicyclic amines) is 1. The summed E-state index contributed by atoms with van der Waals surface area (Å²) in [6, 6.07) is 8.02. The number of nitrogens with zero attached hydrogens (tertiary/aromatic N) is 3. The second kappa shape index (κ2) is 9.34. The van der Waals surface area contributed by atoms with Gasteiger partial charge in [0.25, 0.3) is 0 Å². The summed E-state index contributed by atoms with van der Waals surface area (Å²) < 4.78 is 0. The second-order valence-corrected chi connectivity index (χ2v) is 8.37. The minimum absolute atomic E-state index is 0.210. The van der Waals surface area contributed by atoms with Crippen LogP contribution in [0.25, 0.3) is 16.6 Å². The molecule has 30 heavy (non-hydrogen) atoms. The maximum Gasteiger partial charge on any atom is 0.225 e. The molecule has 1 aromatic heterocycles. The molecule has 0 bridgehead atoms. The number of hydrogen-bond donors (Lipinski definition) is 3. The number of allylic oxidation sites excluding steroid dienone is 1. The van der Waals surface area contributed by atoms with Crippen molar-refractivity contribution in [1.29, 1.82) is 5.41 Å². The standard InChI is InChI=1S/C23H30N6O/c24-8-5-16-11-17(12-16)23(30)29-9-6-19(7-10-29)26-14-18(13-25)22-15-27-20-3-1-2-4-21(20)28-22/h1-4,13-17,19,25-26H,5-12,24H2/b18-14+,25-13?. The molecule has 1 aliphatic heterocycles. The van der Waals surface area contributed by atoms with Crippen molar-refractivity contribution in [2.24, 2.45) is 17.6 Å². The fourth-order valence-electron chi connectivity index (χ4n) is 4.43. The number of fused-ring (bicyclic) bond motifs is 1. The molecule has 7 heteroatoms. The van der Waals surface area contributed by atoms with E-state index in [0.29, 0.717) is 29.1 Å². The number of carbonyl (C=O) groups is 1. The van der Waals surface area contributed by atoms with Crippen molar-refractivity contribution in [3.05, 3.63) is 42.4 Å². The highest BCUT2D eigenvalue weighted by Crippen LogP contribution is 2.37. The topological polar surface area (TPSA) is 108 Å². The fraction of sp³-hybridized carbons (Fsp3) is 0.478. The van der Waals surface area contributed by atoms with Gasteiger partial charge in [-0.25, -0.2) is 4.98 Å². The number of benzene rings is 1. The molecule has 1 amide bonds. The number of para-hydroxylation sites is 2. The Morgan fingerprint density at radius 1 is 1.23 bits per heavy atom. The predicted octanol–water partition coefficient (Wildman–Crippen LogP) is 2.58. The molecule has 1 aromatic carbocycles. The molecule has 0 unspecified atom stereocenters. The van der Waals surface area contributed by atoms with Crippen LogP contribution in [0.15, 0.2) is 36.7 Å². The van der Waals surface area contributed by atoms with Gasteiger partial charge in [0.1, 0.15) is 0 Å². The zero-order chi connectivity index (χ0) is 20.9. The summed E-state index contributed by atoms with van der Waals surface area (Å²) >= 11 is 0. The molecule has 2 fully saturated rings. The van der Waals surface area contributed by atoms with Crippen LogP contribution in [-0.4, -0.2) is 52.7 Å². The van der Waals surface area contributed by atoms with Gasteiger partial charge in [-0.2, -0.15) is 0 Å². The minimum Gasteiger partial charge on any atom is -0.387 e. The van der Waals surface area contributed by atoms with E-state index >= 15 is 0 Å². The Balaban J connectivity index is 1.30. The van der Waals surface area contributed by atoms with Crippen LogP contribution in [-0.2, 0) is 4.79 Å². The first-order chi connectivity index (χ1) is 14.7. The smallest absolute Gasteiger partial charge is 0.225 e. The average molecular weight is 407 g/mol. The van der Waals surface area contributed by atoms with Gasteiger partial charge in [0.15, 0.2) is 0 Å². The second-order valence-electron chi connectivity index (χ2n) is 8.37. The molecular formula is C23H30N6O. The molecule has 2 heterocycles. The number of amides is 1. The molecule has 1 saturated heterocycles. The summed E-state index contributed by atoms with van der Waals surface area (Å²) in [5.74, 6) is 1.18. The molecule has 4 rings (SSSR count). The van der Waals surface area contributed by atoms with Gasteiger partial charge in [-0.15, -0.1) is 0 Å². The molecule has 4 N–H and O–H groups in total. The van der Waals surface area contributed by atoms with E-state index < -0.39 is 0 Å². The zero-order valence-corrected chi connectivity index (χ0v) is 17.3. The lowest BCUT2D eigenvalue weighted by molar-refractivity contribution is -0.141. The van der Waals surface area contributed by atoms with Gasteiger partial charge in [0.05, 0.1) is 22.9 Å². The van der Waals surface area contributed by atoms with Crippen LogP contribution in [0.4, 0.5) is 0 Å². The van der Waals surface area contributed by atoms with Gasteiger partial charge < -0.3 is 21.4 Å². The number of aromatic nitrogens is 2. The Morgan fingerprint density at radius 3 is 2.67 bits per heavy atom. The third-order valence-corrected chi connectivity index (χ3v) is 6.34. The number of rotatable bonds is 7. The Bertz CT molecular complexity index is 928. The molecule has 7 nitrogen and oxygen atoms in total. The van der Waals surface area contributed by atoms with E-state index in [2.05, 4.69) is 15.3 Å². The lowest BCUT2D eigenvalue weighted by atomic mass is 9.72. The van der Waals surface area contributed by atoms with Crippen LogP contribution >= 0.6 is 0 Å². The number of nitrogens with one attached hydrogen (secondary N) is 2. The van der Waals surface area contributed by atoms with Crippen LogP contribution in [0, 0.1) is 17.2 Å². The Labute approximate surface area is 177 Å². The molecule has 2 aromatic rings. The lowest BCUT2D eigenvalue weighted by Gasteiger charge is -2.40. The van der Waals surface area contributed by atoms with Crippen molar-refractivity contribution in [3.63, 3.8) is 0 Å². The zero-order valence-electron chi connectivity index (χ0n) is 17.3. The van der Waals surface area contributed by atoms with Gasteiger partial charge >= 0.3 is 0 Å². The quantitative estimate of drug-likeness (QED) is 0.613. The highest BCUT2D eigenvalue weighted by Gasteiger charge is 2.37. The van der Waals surface area contributed by atoms with Crippen LogP contribution in [0.2, 0.25) is 0 Å². The third-order valence-electron chi connectivity index (χ3n) is 6.34. The van der Waals surface area contributed by atoms with Crippen LogP contribution < -0.4 is 11.1 Å². The highest BCUT2D eigenvalue weighted by molar-refractivity contribution is 6.07. The summed E-state index contributed by atoms with van der Waals surface area (Å²) in [5.41, 5.74) is 8.66. The van der Waals surface area contributed by atoms with Gasteiger partial charge in [-0.1, -0.05) is 12.1 Å². The van der Waals surface area contributed by atoms with E-state index in [1.54, 1.807) is 6.20 Å². The fourth-order valence-corrected chi connectivity index (χ4v) is 4.43. The average Bonchev–Trinajstić information content (AvgIpc) is 2.76. The van der Waals surface area contributed by atoms with Gasteiger partial charge in [-0.3, -0.25) is 9.78 Å². The van der Waals surface area contributed by atoms with Crippen molar-refractivity contribution in [3.8, 4) is 0 Å². The maximum atomic E-state index is 12.7. The summed E-state index contributed by atoms with van der Waals surface area (Å²) in [5, 5.41) is 11.2. The number of hydrogen-bond acceptors (Lipinski definition) is 6. The summed E-state index contributed by atoms with van der Waals surface area (Å²) in [6.07, 6.45) is 9.75. The molecular weight excluding hydrogens is 376 g/mol. The lowest BCUT2D eigenvalue weighted by Crippen LogP contribution is -2.48. The summed E-state index contributed by atoms with van der Waals surface area (Å²) in [4.78, 5) is 23.7. The first kappa shape index (κ1) is 20.5. The number of nitrogens with two attached hydrogens (primary N) is 1. The van der Waals surface area contributed by atoms with Gasteiger partial charge in [-0.05, 0) is 56.7 Å². The molecule has 158 valence electrons. The van der Waals surface area contributed by atoms with E-state index in [0.717, 1.165) is 62.8 Å². The normalized spacial score (nSPS) is 22.6. The van der Waals surface area contributed by atoms with Crippen LogP contribution in [0.3, 0.4) is 0 Å². The van der Waals surface area contributed by atoms with Crippen molar-refractivity contribution in [1.82, 2.24) is 20.2 Å². The maximum absolute atomic E-state index is 12.7. The van der Waals surface area contributed by atoms with E-state index in [1.165, 1.54) is 6.21 Å². The Morgan fingerprint density at radius 2 is 1.97 bits per heavy atom. The summed E-state index contributed by atoms with van der Waals surface area (Å²) in [6.45, 7) is 2.30. The van der Waals surface area contributed by atoms with Crippen molar-refractivity contribution in [2.45, 2.75) is 38.1 Å². The van der Waals surface area contributed by atoms with Crippen LogP contribution in [0.5, 0.6) is 0 Å². The van der Waals surface area contributed by atoms with E-state index in [1.807, 2.05) is 35.4 Å². The Kier molecular flexibility index (Phi) is 6.38. The number of piperidine rings is 1. The molecule has 1 aliphatic carbocycles. The van der Waals surface area contributed by atoms with E-state index in [9.17, 15) is 4.79 Å². The summed E-state index contributed by atoms with van der Waals surface area (Å²) in [7, 11) is 0. The van der Waals surface area contributed by atoms with Crippen molar-refractivity contribution >= 4 is 28.7 Å². The number of carbonyl (C=O) groups excluding carboxylic acids is 1. The highest BCUT2D eigenvalue weighted by atomic mass is 16.2. The Hall–Kier alpha value is -2.80. The van der Waals surface area contributed by atoms with Crippen molar-refractivity contribution in [2.75, 3.05) is 19.6 Å². The third kappa shape index (κ3) is 4.51. The monoisotopic (exact) mass is 406 g/mol. The minimum atomic E-state index is 0.210. The first-order valence-electron chi connectivity index (χ1n) is 10.9. The molecule has 0 atom stereocenters. The first-order valence-corrected chi connectivity index (χ1v) is 10.9. The molecule has 0 radical (unpaired) electrons.